The zero-order valence-corrected chi connectivity index (χ0v) is 19.8. The van der Waals surface area contributed by atoms with Gasteiger partial charge < -0.3 is 20.3 Å². The summed E-state index contributed by atoms with van der Waals surface area (Å²) in [7, 11) is 1.90. The number of carbonyl (C=O) groups is 1. The quantitative estimate of drug-likeness (QED) is 0.385. The third kappa shape index (κ3) is 4.97. The number of hydrogen-bond donors (Lipinski definition) is 1. The van der Waals surface area contributed by atoms with E-state index in [0.717, 1.165) is 18.7 Å². The Morgan fingerprint density at radius 1 is 1.43 bits per heavy atom. The summed E-state index contributed by atoms with van der Waals surface area (Å²) in [5, 5.41) is 4.31. The standard InChI is InChI=1S/C19H32N6O2.HI/c1-13-11-24(6-7-27-13)18(20)21-9-14-8-16(26)25(19(2,3)4)17(14)15-10-22-23(5)12-15;/h10,12-14,17H,6-9,11H2,1-5H3,(H2,20,21);1H/t13?,14-,17+;/m0./s1. The molecule has 0 radical (unpaired) electrons. The van der Waals surface area contributed by atoms with Gasteiger partial charge in [-0.15, -0.1) is 24.0 Å². The number of amides is 1. The van der Waals surface area contributed by atoms with Crippen molar-refractivity contribution in [2.45, 2.75) is 51.8 Å². The van der Waals surface area contributed by atoms with Crippen LogP contribution in [-0.4, -0.2) is 69.3 Å². The molecule has 0 aliphatic carbocycles. The van der Waals surface area contributed by atoms with E-state index in [4.69, 9.17) is 10.5 Å². The lowest BCUT2D eigenvalue weighted by Gasteiger charge is -2.38. The highest BCUT2D eigenvalue weighted by molar-refractivity contribution is 14.0. The number of aliphatic imine (C=N–C) groups is 1. The highest BCUT2D eigenvalue weighted by Gasteiger charge is 2.45. The van der Waals surface area contributed by atoms with Gasteiger partial charge in [0, 0.05) is 56.3 Å². The molecule has 28 heavy (non-hydrogen) atoms. The van der Waals surface area contributed by atoms with Crippen LogP contribution in [0.1, 0.15) is 45.7 Å². The van der Waals surface area contributed by atoms with Crippen molar-refractivity contribution in [2.75, 3.05) is 26.2 Å². The first-order valence-corrected chi connectivity index (χ1v) is 9.64. The lowest BCUT2D eigenvalue weighted by Crippen LogP contribution is -2.48. The van der Waals surface area contributed by atoms with Crippen LogP contribution in [0.3, 0.4) is 0 Å². The maximum absolute atomic E-state index is 12.8. The number of carbonyl (C=O) groups excluding carboxylic acids is 1. The van der Waals surface area contributed by atoms with Crippen LogP contribution in [0.4, 0.5) is 0 Å². The first kappa shape index (κ1) is 22.9. The Morgan fingerprint density at radius 3 is 2.71 bits per heavy atom. The number of halogens is 1. The van der Waals surface area contributed by atoms with Crippen molar-refractivity contribution in [3.63, 3.8) is 0 Å². The summed E-state index contributed by atoms with van der Waals surface area (Å²) in [4.78, 5) is 21.5. The zero-order valence-electron chi connectivity index (χ0n) is 17.5. The molecule has 3 atom stereocenters. The molecule has 3 rings (SSSR count). The van der Waals surface area contributed by atoms with E-state index < -0.39 is 0 Å². The van der Waals surface area contributed by atoms with Gasteiger partial charge in [-0.1, -0.05) is 0 Å². The van der Waals surface area contributed by atoms with Crippen molar-refractivity contribution >= 4 is 35.8 Å². The fraction of sp³-hybridized carbons (Fsp3) is 0.737. The third-order valence-corrected chi connectivity index (χ3v) is 5.27. The predicted molar refractivity (Wildman–Crippen MR) is 120 cm³/mol. The molecule has 8 nitrogen and oxygen atoms in total. The van der Waals surface area contributed by atoms with Crippen LogP contribution in [-0.2, 0) is 16.6 Å². The summed E-state index contributed by atoms with van der Waals surface area (Å²) < 4.78 is 7.35. The van der Waals surface area contributed by atoms with Gasteiger partial charge in [0.25, 0.3) is 0 Å². The third-order valence-electron chi connectivity index (χ3n) is 5.27. The number of ether oxygens (including phenoxy) is 1. The van der Waals surface area contributed by atoms with Crippen LogP contribution >= 0.6 is 24.0 Å². The number of nitrogens with two attached hydrogens (primary N) is 1. The molecule has 1 aromatic rings. The van der Waals surface area contributed by atoms with E-state index in [1.165, 1.54) is 0 Å². The molecule has 158 valence electrons. The normalized spacial score (nSPS) is 26.5. The topological polar surface area (TPSA) is 89.0 Å². The number of nitrogens with zero attached hydrogens (tertiary/aromatic N) is 5. The van der Waals surface area contributed by atoms with E-state index in [2.05, 4.69) is 35.8 Å². The molecular formula is C19H33IN6O2. The number of aryl methyl sites for hydroxylation is 1. The zero-order chi connectivity index (χ0) is 19.8. The van der Waals surface area contributed by atoms with Crippen LogP contribution in [0.2, 0.25) is 0 Å². The number of morpholine rings is 1. The highest BCUT2D eigenvalue weighted by atomic mass is 127. The molecule has 1 unspecified atom stereocenters. The lowest BCUT2D eigenvalue weighted by molar-refractivity contribution is -0.133. The Balaban J connectivity index is 0.00000280. The van der Waals surface area contributed by atoms with Gasteiger partial charge in [0.15, 0.2) is 5.96 Å². The second-order valence-corrected chi connectivity index (χ2v) is 8.62. The Labute approximate surface area is 184 Å². The second kappa shape index (κ2) is 8.98. The van der Waals surface area contributed by atoms with E-state index >= 15 is 0 Å². The molecule has 2 N–H and O–H groups in total. The molecule has 1 amide bonds. The smallest absolute Gasteiger partial charge is 0.223 e. The Kier molecular flexibility index (Phi) is 7.35. The summed E-state index contributed by atoms with van der Waals surface area (Å²) >= 11 is 0. The van der Waals surface area contributed by atoms with E-state index in [0.29, 0.717) is 25.5 Å². The minimum absolute atomic E-state index is 0. The summed E-state index contributed by atoms with van der Waals surface area (Å²) in [6, 6.07) is -0.0358. The number of guanidine groups is 1. The van der Waals surface area contributed by atoms with E-state index in [9.17, 15) is 4.79 Å². The minimum Gasteiger partial charge on any atom is -0.375 e. The van der Waals surface area contributed by atoms with Gasteiger partial charge in [0.2, 0.25) is 5.91 Å². The fourth-order valence-corrected chi connectivity index (χ4v) is 4.11. The van der Waals surface area contributed by atoms with Gasteiger partial charge in [-0.3, -0.25) is 14.5 Å². The molecule has 0 saturated carbocycles. The fourth-order valence-electron chi connectivity index (χ4n) is 4.11. The maximum atomic E-state index is 12.8. The first-order chi connectivity index (χ1) is 12.7. The van der Waals surface area contributed by atoms with Crippen molar-refractivity contribution in [3.05, 3.63) is 18.0 Å². The predicted octanol–water partition coefficient (Wildman–Crippen LogP) is 1.76. The molecular weight excluding hydrogens is 471 g/mol. The molecule has 9 heteroatoms. The van der Waals surface area contributed by atoms with E-state index in [1.807, 2.05) is 31.3 Å². The summed E-state index contributed by atoms with van der Waals surface area (Å²) in [5.41, 5.74) is 7.03. The molecule has 1 aromatic heterocycles. The second-order valence-electron chi connectivity index (χ2n) is 8.62. The van der Waals surface area contributed by atoms with Crippen molar-refractivity contribution < 1.29 is 9.53 Å². The van der Waals surface area contributed by atoms with E-state index in [1.54, 1.807) is 4.68 Å². The molecule has 0 spiro atoms. The van der Waals surface area contributed by atoms with Crippen molar-refractivity contribution in [1.29, 1.82) is 0 Å². The van der Waals surface area contributed by atoms with Crippen molar-refractivity contribution in [2.24, 2.45) is 23.7 Å². The number of rotatable bonds is 3. The highest BCUT2D eigenvalue weighted by Crippen LogP contribution is 2.42. The number of hydrogen-bond acceptors (Lipinski definition) is 4. The molecule has 0 bridgehead atoms. The Hall–Kier alpha value is -1.36. The van der Waals surface area contributed by atoms with Gasteiger partial charge in [-0.05, 0) is 27.7 Å². The first-order valence-electron chi connectivity index (χ1n) is 9.64. The monoisotopic (exact) mass is 504 g/mol. The lowest BCUT2D eigenvalue weighted by atomic mass is 9.93. The van der Waals surface area contributed by atoms with Crippen LogP contribution in [0.5, 0.6) is 0 Å². The molecule has 2 aliphatic heterocycles. The van der Waals surface area contributed by atoms with Gasteiger partial charge in [-0.2, -0.15) is 5.10 Å². The number of likely N-dealkylation sites (tertiary alicyclic amines) is 1. The van der Waals surface area contributed by atoms with Crippen LogP contribution in [0, 0.1) is 5.92 Å². The molecule has 2 fully saturated rings. The van der Waals surface area contributed by atoms with Crippen molar-refractivity contribution in [1.82, 2.24) is 19.6 Å². The molecule has 0 aromatic carbocycles. The summed E-state index contributed by atoms with van der Waals surface area (Å²) in [6.45, 7) is 10.9. The van der Waals surface area contributed by atoms with Crippen LogP contribution < -0.4 is 5.73 Å². The van der Waals surface area contributed by atoms with Crippen LogP contribution in [0.25, 0.3) is 0 Å². The average molecular weight is 504 g/mol. The molecule has 3 heterocycles. The van der Waals surface area contributed by atoms with Gasteiger partial charge in [0.05, 0.1) is 24.9 Å². The minimum atomic E-state index is -0.263. The largest absolute Gasteiger partial charge is 0.375 e. The van der Waals surface area contributed by atoms with Crippen LogP contribution in [0.15, 0.2) is 17.4 Å². The SMILES string of the molecule is CC1CN(C(N)=NC[C@@H]2CC(=O)N(C(C)(C)C)[C@H]2c2cnn(C)c2)CCO1.I. The van der Waals surface area contributed by atoms with Crippen molar-refractivity contribution in [3.8, 4) is 0 Å². The Morgan fingerprint density at radius 2 is 2.14 bits per heavy atom. The summed E-state index contributed by atoms with van der Waals surface area (Å²) in [6.07, 6.45) is 4.48. The van der Waals surface area contributed by atoms with Gasteiger partial charge >= 0.3 is 0 Å². The molecule has 2 aliphatic rings. The average Bonchev–Trinajstić information content (AvgIpc) is 3.15. The van der Waals surface area contributed by atoms with Gasteiger partial charge in [-0.25, -0.2) is 0 Å². The van der Waals surface area contributed by atoms with Gasteiger partial charge in [0.1, 0.15) is 0 Å². The summed E-state index contributed by atoms with van der Waals surface area (Å²) in [5.74, 6) is 0.782. The number of aromatic nitrogens is 2. The maximum Gasteiger partial charge on any atom is 0.223 e. The molecule has 2 saturated heterocycles. The van der Waals surface area contributed by atoms with E-state index in [-0.39, 0.29) is 53.5 Å². The Bertz CT molecular complexity index is 714.